The van der Waals surface area contributed by atoms with Crippen LogP contribution in [0.3, 0.4) is 0 Å². The van der Waals surface area contributed by atoms with Crippen molar-refractivity contribution in [2.45, 2.75) is 25.8 Å². The molecule has 5 heteroatoms. The van der Waals surface area contributed by atoms with Crippen LogP contribution >= 0.6 is 12.2 Å². The van der Waals surface area contributed by atoms with Crippen molar-refractivity contribution in [3.05, 3.63) is 29.8 Å². The summed E-state index contributed by atoms with van der Waals surface area (Å²) in [5, 5.41) is 0. The molecule has 0 saturated carbocycles. The first kappa shape index (κ1) is 16.2. The number of nitrogens with zero attached hydrogens (tertiary/aromatic N) is 1. The average Bonchev–Trinajstić information content (AvgIpc) is 2.52. The minimum absolute atomic E-state index is 0.402. The number of thiocarbonyl (C=S) groups is 1. The molecule has 0 aromatic heterocycles. The van der Waals surface area contributed by atoms with E-state index in [1.54, 1.807) is 0 Å². The third-order valence-corrected chi connectivity index (χ3v) is 4.03. The van der Waals surface area contributed by atoms with Gasteiger partial charge >= 0.3 is 0 Å². The zero-order chi connectivity index (χ0) is 15.1. The number of hydrogen-bond acceptors (Lipinski definition) is 4. The highest BCUT2D eigenvalue weighted by Gasteiger charge is 2.20. The second-order valence-corrected chi connectivity index (χ2v) is 5.71. The third kappa shape index (κ3) is 4.95. The fraction of sp³-hybridized carbons (Fsp3) is 0.562. The quantitative estimate of drug-likeness (QED) is 0.618. The van der Waals surface area contributed by atoms with Gasteiger partial charge in [0, 0.05) is 24.7 Å². The molecule has 1 aliphatic heterocycles. The zero-order valence-corrected chi connectivity index (χ0v) is 13.4. The minimum Gasteiger partial charge on any atom is -0.494 e. The highest BCUT2D eigenvalue weighted by atomic mass is 32.1. The van der Waals surface area contributed by atoms with Gasteiger partial charge in [-0.15, -0.1) is 0 Å². The van der Waals surface area contributed by atoms with Crippen LogP contribution < -0.4 is 10.5 Å². The standard InChI is InChI=1S/C16H24N2O2S/c1-2-14-12-19-10-8-18(14)7-4-9-20-15-6-3-5-13(11-15)16(17)21/h3,5-6,11,14H,2,4,7-10,12H2,1H3,(H2,17,21). The lowest BCUT2D eigenvalue weighted by atomic mass is 10.1. The van der Waals surface area contributed by atoms with Gasteiger partial charge in [0.1, 0.15) is 10.7 Å². The first-order valence-corrected chi connectivity index (χ1v) is 7.96. The van der Waals surface area contributed by atoms with Crippen molar-refractivity contribution in [3.63, 3.8) is 0 Å². The van der Waals surface area contributed by atoms with Gasteiger partial charge in [-0.25, -0.2) is 0 Å². The Morgan fingerprint density at radius 3 is 3.14 bits per heavy atom. The van der Waals surface area contributed by atoms with E-state index in [0.29, 0.717) is 17.6 Å². The van der Waals surface area contributed by atoms with Gasteiger partial charge in [0.15, 0.2) is 0 Å². The molecular formula is C16H24N2O2S. The maximum absolute atomic E-state index is 5.78. The molecule has 4 nitrogen and oxygen atoms in total. The molecule has 1 aromatic rings. The lowest BCUT2D eigenvalue weighted by molar-refractivity contribution is -0.0102. The molecule has 0 amide bonds. The molecule has 1 aliphatic rings. The molecule has 2 N–H and O–H groups in total. The fourth-order valence-corrected chi connectivity index (χ4v) is 2.68. The Bertz CT molecular complexity index is 467. The fourth-order valence-electron chi connectivity index (χ4n) is 2.56. The van der Waals surface area contributed by atoms with Crippen LogP contribution in [0.4, 0.5) is 0 Å². The number of benzene rings is 1. The van der Waals surface area contributed by atoms with E-state index in [2.05, 4.69) is 11.8 Å². The van der Waals surface area contributed by atoms with Crippen LogP contribution in [0.25, 0.3) is 0 Å². The maximum Gasteiger partial charge on any atom is 0.119 e. The van der Waals surface area contributed by atoms with E-state index in [0.717, 1.165) is 50.5 Å². The predicted octanol–water partition coefficient (Wildman–Crippen LogP) is 2.20. The van der Waals surface area contributed by atoms with E-state index in [9.17, 15) is 0 Å². The lowest BCUT2D eigenvalue weighted by Gasteiger charge is -2.34. The topological polar surface area (TPSA) is 47.7 Å². The molecule has 1 unspecified atom stereocenters. The highest BCUT2D eigenvalue weighted by molar-refractivity contribution is 7.80. The van der Waals surface area contributed by atoms with Crippen molar-refractivity contribution in [1.82, 2.24) is 4.90 Å². The summed E-state index contributed by atoms with van der Waals surface area (Å²) in [6.07, 6.45) is 2.14. The number of morpholine rings is 1. The summed E-state index contributed by atoms with van der Waals surface area (Å²) < 4.78 is 11.3. The molecule has 21 heavy (non-hydrogen) atoms. The Balaban J connectivity index is 1.74. The van der Waals surface area contributed by atoms with Gasteiger partial charge in [0.25, 0.3) is 0 Å². The third-order valence-electron chi connectivity index (χ3n) is 3.80. The van der Waals surface area contributed by atoms with E-state index in [1.165, 1.54) is 0 Å². The molecule has 0 aliphatic carbocycles. The summed E-state index contributed by atoms with van der Waals surface area (Å²) >= 11 is 4.97. The van der Waals surface area contributed by atoms with Gasteiger partial charge in [-0.05, 0) is 25.0 Å². The summed E-state index contributed by atoms with van der Waals surface area (Å²) in [4.78, 5) is 2.90. The van der Waals surface area contributed by atoms with Crippen molar-refractivity contribution in [2.24, 2.45) is 5.73 Å². The smallest absolute Gasteiger partial charge is 0.119 e. The number of ether oxygens (including phenoxy) is 2. The van der Waals surface area contributed by atoms with Crippen LogP contribution in [0, 0.1) is 0 Å². The largest absolute Gasteiger partial charge is 0.494 e. The summed E-state index contributed by atoms with van der Waals surface area (Å²) in [5.41, 5.74) is 6.47. The van der Waals surface area contributed by atoms with Crippen molar-refractivity contribution in [3.8, 4) is 5.75 Å². The molecule has 116 valence electrons. The van der Waals surface area contributed by atoms with Crippen LogP contribution in [0.15, 0.2) is 24.3 Å². The van der Waals surface area contributed by atoms with E-state index >= 15 is 0 Å². The predicted molar refractivity (Wildman–Crippen MR) is 88.9 cm³/mol. The summed E-state index contributed by atoms with van der Waals surface area (Å²) in [5.74, 6) is 0.828. The SMILES string of the molecule is CCC1COCCN1CCCOc1cccc(C(N)=S)c1. The van der Waals surface area contributed by atoms with Crippen molar-refractivity contribution >= 4 is 17.2 Å². The Hall–Kier alpha value is -1.17. The maximum atomic E-state index is 5.78. The van der Waals surface area contributed by atoms with Crippen LogP contribution in [0.1, 0.15) is 25.3 Å². The second kappa shape index (κ2) is 8.32. The molecule has 1 fully saturated rings. The first-order valence-electron chi connectivity index (χ1n) is 7.55. The Labute approximate surface area is 132 Å². The molecule has 1 heterocycles. The van der Waals surface area contributed by atoms with Gasteiger partial charge < -0.3 is 15.2 Å². The van der Waals surface area contributed by atoms with Crippen LogP contribution in [-0.2, 0) is 4.74 Å². The van der Waals surface area contributed by atoms with Crippen LogP contribution in [-0.4, -0.2) is 48.8 Å². The van der Waals surface area contributed by atoms with Gasteiger partial charge in [-0.1, -0.05) is 31.3 Å². The number of hydrogen-bond donors (Lipinski definition) is 1. The normalized spacial score (nSPS) is 19.4. The molecule has 2 rings (SSSR count). The average molecular weight is 308 g/mol. The minimum atomic E-state index is 0.402. The summed E-state index contributed by atoms with van der Waals surface area (Å²) in [6.45, 7) is 6.69. The second-order valence-electron chi connectivity index (χ2n) is 5.27. The van der Waals surface area contributed by atoms with E-state index in [4.69, 9.17) is 27.4 Å². The zero-order valence-electron chi connectivity index (χ0n) is 12.6. The molecule has 1 saturated heterocycles. The molecule has 1 aromatic carbocycles. The lowest BCUT2D eigenvalue weighted by Crippen LogP contribution is -2.45. The van der Waals surface area contributed by atoms with Gasteiger partial charge in [0.05, 0.1) is 19.8 Å². The highest BCUT2D eigenvalue weighted by Crippen LogP contribution is 2.14. The summed E-state index contributed by atoms with van der Waals surface area (Å²) in [6, 6.07) is 8.20. The van der Waals surface area contributed by atoms with Crippen LogP contribution in [0.5, 0.6) is 5.75 Å². The van der Waals surface area contributed by atoms with E-state index in [-0.39, 0.29) is 0 Å². The van der Waals surface area contributed by atoms with Crippen molar-refractivity contribution < 1.29 is 9.47 Å². The Morgan fingerprint density at radius 1 is 1.52 bits per heavy atom. The monoisotopic (exact) mass is 308 g/mol. The summed E-state index contributed by atoms with van der Waals surface area (Å²) in [7, 11) is 0. The van der Waals surface area contributed by atoms with Crippen molar-refractivity contribution in [2.75, 3.05) is 32.9 Å². The Morgan fingerprint density at radius 2 is 2.38 bits per heavy atom. The molecule has 0 bridgehead atoms. The molecule has 0 spiro atoms. The molecular weight excluding hydrogens is 284 g/mol. The van der Waals surface area contributed by atoms with Gasteiger partial charge in [-0.2, -0.15) is 0 Å². The van der Waals surface area contributed by atoms with Gasteiger partial charge in [-0.3, -0.25) is 4.90 Å². The van der Waals surface area contributed by atoms with Crippen molar-refractivity contribution in [1.29, 1.82) is 0 Å². The number of rotatable bonds is 7. The number of nitrogens with two attached hydrogens (primary N) is 1. The molecule has 1 atom stereocenters. The first-order chi connectivity index (χ1) is 10.2. The van der Waals surface area contributed by atoms with E-state index in [1.807, 2.05) is 24.3 Å². The molecule has 0 radical (unpaired) electrons. The van der Waals surface area contributed by atoms with Crippen LogP contribution in [0.2, 0.25) is 0 Å². The van der Waals surface area contributed by atoms with E-state index < -0.39 is 0 Å². The van der Waals surface area contributed by atoms with Gasteiger partial charge in [0.2, 0.25) is 0 Å². The Kier molecular flexibility index (Phi) is 6.42.